The van der Waals surface area contributed by atoms with Gasteiger partial charge in [0.2, 0.25) is 0 Å². The highest BCUT2D eigenvalue weighted by atomic mass is 16.2. The molecule has 172 valence electrons. The molecule has 5 rings (SSSR count). The van der Waals surface area contributed by atoms with E-state index in [0.29, 0.717) is 29.8 Å². The van der Waals surface area contributed by atoms with E-state index in [9.17, 15) is 14.9 Å². The lowest BCUT2D eigenvalue weighted by molar-refractivity contribution is 0.0637. The molecule has 7 heteroatoms. The van der Waals surface area contributed by atoms with Crippen LogP contribution in [0.15, 0.2) is 42.6 Å². The number of carbonyl (C=O) groups is 2. The van der Waals surface area contributed by atoms with Crippen molar-refractivity contribution in [1.82, 2.24) is 14.8 Å². The summed E-state index contributed by atoms with van der Waals surface area (Å²) in [6, 6.07) is 13.6. The quantitative estimate of drug-likeness (QED) is 0.562. The van der Waals surface area contributed by atoms with Crippen LogP contribution in [-0.4, -0.2) is 65.9 Å². The van der Waals surface area contributed by atoms with Crippen molar-refractivity contribution < 1.29 is 9.59 Å². The van der Waals surface area contributed by atoms with Gasteiger partial charge >= 0.3 is 0 Å². The predicted octanol–water partition coefficient (Wildman–Crippen LogP) is 3.53. The minimum Gasteiger partial charge on any atom is -0.369 e. The van der Waals surface area contributed by atoms with Crippen LogP contribution >= 0.6 is 0 Å². The summed E-state index contributed by atoms with van der Waals surface area (Å²) >= 11 is 0. The van der Waals surface area contributed by atoms with E-state index >= 15 is 0 Å². The van der Waals surface area contributed by atoms with Crippen LogP contribution in [0.4, 0.5) is 5.69 Å². The van der Waals surface area contributed by atoms with Crippen LogP contribution in [0.3, 0.4) is 0 Å². The van der Waals surface area contributed by atoms with Crippen LogP contribution in [0.5, 0.6) is 0 Å². The molecule has 1 saturated heterocycles. The number of anilines is 1. The van der Waals surface area contributed by atoms with Crippen LogP contribution in [0.25, 0.3) is 10.9 Å². The molecule has 0 spiro atoms. The zero-order chi connectivity index (χ0) is 23.8. The van der Waals surface area contributed by atoms with E-state index in [1.54, 1.807) is 30.5 Å². The van der Waals surface area contributed by atoms with E-state index in [1.807, 2.05) is 0 Å². The number of hydrogen-bond acceptors (Lipinski definition) is 6. The number of pyridine rings is 1. The summed E-state index contributed by atoms with van der Waals surface area (Å²) in [6.07, 6.45) is 2.61. The fourth-order valence-corrected chi connectivity index (χ4v) is 4.96. The Morgan fingerprint density at radius 1 is 0.941 bits per heavy atom. The Morgan fingerprint density at radius 2 is 1.65 bits per heavy atom. The number of rotatable bonds is 4. The SMILES string of the molecule is Cc1cc2ncc(C#N)c(N3CCCN(CCN4C(=O)c5ccccc5C4=O)CC3)c2cc1C. The van der Waals surface area contributed by atoms with Crippen LogP contribution in [0.2, 0.25) is 0 Å². The van der Waals surface area contributed by atoms with Crippen molar-refractivity contribution in [2.75, 3.05) is 44.2 Å². The zero-order valence-electron chi connectivity index (χ0n) is 19.5. The minimum absolute atomic E-state index is 0.204. The normalized spacial score (nSPS) is 16.6. The second-order valence-electron chi connectivity index (χ2n) is 9.08. The van der Waals surface area contributed by atoms with Crippen LogP contribution < -0.4 is 4.90 Å². The molecule has 1 fully saturated rings. The molecule has 0 aliphatic carbocycles. The van der Waals surface area contributed by atoms with Gasteiger partial charge in [0.25, 0.3) is 11.8 Å². The van der Waals surface area contributed by atoms with Gasteiger partial charge in [-0.05, 0) is 62.2 Å². The van der Waals surface area contributed by atoms with Gasteiger partial charge in [0.1, 0.15) is 6.07 Å². The maximum Gasteiger partial charge on any atom is 0.261 e. The first-order valence-corrected chi connectivity index (χ1v) is 11.7. The van der Waals surface area contributed by atoms with E-state index in [0.717, 1.165) is 49.2 Å². The summed E-state index contributed by atoms with van der Waals surface area (Å²) < 4.78 is 0. The highest BCUT2D eigenvalue weighted by Crippen LogP contribution is 2.32. The minimum atomic E-state index is -0.204. The number of carbonyl (C=O) groups excluding carboxylic acids is 2. The molecule has 3 aromatic rings. The molecule has 1 aromatic heterocycles. The van der Waals surface area contributed by atoms with Crippen molar-refractivity contribution in [3.8, 4) is 6.07 Å². The molecule has 2 aromatic carbocycles. The number of nitriles is 1. The third kappa shape index (κ3) is 3.80. The summed E-state index contributed by atoms with van der Waals surface area (Å²) in [4.78, 5) is 35.8. The lowest BCUT2D eigenvalue weighted by Crippen LogP contribution is -2.39. The van der Waals surface area contributed by atoms with E-state index in [4.69, 9.17) is 0 Å². The van der Waals surface area contributed by atoms with Gasteiger partial charge in [-0.1, -0.05) is 12.1 Å². The Bertz CT molecular complexity index is 1310. The topological polar surface area (TPSA) is 80.5 Å². The van der Waals surface area contributed by atoms with Crippen molar-refractivity contribution in [2.45, 2.75) is 20.3 Å². The van der Waals surface area contributed by atoms with E-state index in [-0.39, 0.29) is 11.8 Å². The second-order valence-corrected chi connectivity index (χ2v) is 9.08. The van der Waals surface area contributed by atoms with Gasteiger partial charge in [-0.2, -0.15) is 5.26 Å². The first-order chi connectivity index (χ1) is 16.5. The Labute approximate surface area is 199 Å². The first kappa shape index (κ1) is 22.1. The summed E-state index contributed by atoms with van der Waals surface area (Å²) in [5.74, 6) is -0.408. The molecule has 2 aliphatic heterocycles. The Hall–Kier alpha value is -3.76. The maximum absolute atomic E-state index is 12.7. The van der Waals surface area contributed by atoms with Gasteiger partial charge in [-0.15, -0.1) is 0 Å². The smallest absolute Gasteiger partial charge is 0.261 e. The molecular weight excluding hydrogens is 426 g/mol. The van der Waals surface area contributed by atoms with Crippen LogP contribution in [0.1, 0.15) is 43.8 Å². The van der Waals surface area contributed by atoms with Gasteiger partial charge in [0, 0.05) is 44.3 Å². The molecular formula is C27H27N5O2. The largest absolute Gasteiger partial charge is 0.369 e. The Morgan fingerprint density at radius 3 is 2.35 bits per heavy atom. The van der Waals surface area contributed by atoms with Crippen molar-refractivity contribution in [2.24, 2.45) is 0 Å². The number of benzene rings is 2. The standard InChI is InChI=1S/C27H27N5O2/c1-18-14-23-24(15-19(18)2)29-17-20(16-28)25(23)31-9-5-8-30(10-12-31)11-13-32-26(33)21-6-3-4-7-22(21)27(32)34/h3-4,6-7,14-15,17H,5,8-13H2,1-2H3. The van der Waals surface area contributed by atoms with E-state index in [2.05, 4.69) is 46.8 Å². The Kier molecular flexibility index (Phi) is 5.76. The number of fused-ring (bicyclic) bond motifs is 2. The van der Waals surface area contributed by atoms with Gasteiger partial charge in [0.15, 0.2) is 0 Å². The predicted molar refractivity (Wildman–Crippen MR) is 131 cm³/mol. The zero-order valence-corrected chi connectivity index (χ0v) is 19.5. The third-order valence-electron chi connectivity index (χ3n) is 7.00. The average molecular weight is 454 g/mol. The summed E-state index contributed by atoms with van der Waals surface area (Å²) in [5, 5.41) is 10.8. The number of hydrogen-bond donors (Lipinski definition) is 0. The lowest BCUT2D eigenvalue weighted by Gasteiger charge is -2.26. The number of aryl methyl sites for hydroxylation is 2. The average Bonchev–Trinajstić information content (AvgIpc) is 2.98. The molecule has 7 nitrogen and oxygen atoms in total. The molecule has 2 aliphatic rings. The van der Waals surface area contributed by atoms with Crippen molar-refractivity contribution in [1.29, 1.82) is 5.26 Å². The highest BCUT2D eigenvalue weighted by molar-refractivity contribution is 6.21. The fraction of sp³-hybridized carbons (Fsp3) is 0.333. The van der Waals surface area contributed by atoms with Gasteiger partial charge in [-0.25, -0.2) is 0 Å². The molecule has 3 heterocycles. The van der Waals surface area contributed by atoms with Crippen molar-refractivity contribution >= 4 is 28.4 Å². The number of nitrogens with zero attached hydrogens (tertiary/aromatic N) is 5. The van der Waals surface area contributed by atoms with E-state index in [1.165, 1.54) is 16.0 Å². The van der Waals surface area contributed by atoms with E-state index < -0.39 is 0 Å². The maximum atomic E-state index is 12.7. The summed E-state index contributed by atoms with van der Waals surface area (Å²) in [7, 11) is 0. The molecule has 0 atom stereocenters. The monoisotopic (exact) mass is 453 g/mol. The lowest BCUT2D eigenvalue weighted by atomic mass is 10.0. The van der Waals surface area contributed by atoms with Crippen LogP contribution in [-0.2, 0) is 0 Å². The molecule has 34 heavy (non-hydrogen) atoms. The Balaban J connectivity index is 1.31. The second kappa shape index (κ2) is 8.88. The summed E-state index contributed by atoms with van der Waals surface area (Å²) in [6.45, 7) is 8.46. The van der Waals surface area contributed by atoms with Gasteiger partial charge in [-0.3, -0.25) is 24.4 Å². The molecule has 0 N–H and O–H groups in total. The highest BCUT2D eigenvalue weighted by Gasteiger charge is 2.35. The first-order valence-electron chi connectivity index (χ1n) is 11.7. The van der Waals surface area contributed by atoms with Crippen molar-refractivity contribution in [3.63, 3.8) is 0 Å². The van der Waals surface area contributed by atoms with Crippen LogP contribution in [0, 0.1) is 25.2 Å². The van der Waals surface area contributed by atoms with Gasteiger partial charge < -0.3 is 4.90 Å². The van der Waals surface area contributed by atoms with Gasteiger partial charge in [0.05, 0.1) is 27.9 Å². The molecule has 0 bridgehead atoms. The third-order valence-corrected chi connectivity index (χ3v) is 7.00. The number of amides is 2. The molecule has 0 unspecified atom stereocenters. The number of aromatic nitrogens is 1. The molecule has 0 saturated carbocycles. The number of imide groups is 1. The molecule has 0 radical (unpaired) electrons. The van der Waals surface area contributed by atoms with Crippen molar-refractivity contribution in [3.05, 3.63) is 70.4 Å². The fourth-order valence-electron chi connectivity index (χ4n) is 4.96. The summed E-state index contributed by atoms with van der Waals surface area (Å²) in [5.41, 5.74) is 5.81. The molecule has 2 amide bonds.